The van der Waals surface area contributed by atoms with Gasteiger partial charge < -0.3 is 15.2 Å². The fourth-order valence-electron chi connectivity index (χ4n) is 1.82. The van der Waals surface area contributed by atoms with E-state index in [1.165, 1.54) is 7.11 Å². The third kappa shape index (κ3) is 5.30. The summed E-state index contributed by atoms with van der Waals surface area (Å²) in [4.78, 5) is 23.0. The lowest BCUT2D eigenvalue weighted by Gasteiger charge is -2.16. The number of ether oxygens (including phenoxy) is 1. The van der Waals surface area contributed by atoms with Crippen molar-refractivity contribution >= 4 is 29.3 Å². The molecule has 1 amide bonds. The molecule has 0 saturated heterocycles. The number of nitrogens with one attached hydrogen (secondary N) is 1. The van der Waals surface area contributed by atoms with E-state index < -0.39 is 11.2 Å². The molecule has 0 saturated carbocycles. The van der Waals surface area contributed by atoms with Crippen molar-refractivity contribution in [2.24, 2.45) is 5.92 Å². The van der Waals surface area contributed by atoms with Gasteiger partial charge in [-0.05, 0) is 30.5 Å². The van der Waals surface area contributed by atoms with Gasteiger partial charge >= 0.3 is 5.97 Å². The number of amides is 1. The quantitative estimate of drug-likeness (QED) is 0.810. The molecule has 0 aliphatic heterocycles. The summed E-state index contributed by atoms with van der Waals surface area (Å²) in [6, 6.07) is 5.49. The largest absolute Gasteiger partial charge is 0.495 e. The van der Waals surface area contributed by atoms with Crippen LogP contribution in [0.25, 0.3) is 0 Å². The summed E-state index contributed by atoms with van der Waals surface area (Å²) in [6.45, 7) is 5.57. The Morgan fingerprint density at radius 3 is 2.57 bits per heavy atom. The minimum atomic E-state index is -0.893. The molecule has 1 aromatic carbocycles. The first-order valence-corrected chi connectivity index (χ1v) is 7.69. The number of carboxylic acid groups (broad SMARTS) is 1. The van der Waals surface area contributed by atoms with Gasteiger partial charge in [0, 0.05) is 0 Å². The van der Waals surface area contributed by atoms with Gasteiger partial charge in [-0.25, -0.2) is 0 Å². The Morgan fingerprint density at radius 2 is 2.05 bits per heavy atom. The number of benzene rings is 1. The molecule has 0 aliphatic rings. The molecule has 1 aromatic rings. The maximum absolute atomic E-state index is 12.0. The average Bonchev–Trinajstić information content (AvgIpc) is 2.38. The summed E-state index contributed by atoms with van der Waals surface area (Å²) in [5.74, 6) is -0.496. The molecule has 0 spiro atoms. The van der Waals surface area contributed by atoms with Gasteiger partial charge in [0.1, 0.15) is 11.0 Å². The molecule has 0 heterocycles. The molecular formula is C15H21NO4S. The molecule has 6 heteroatoms. The molecule has 21 heavy (non-hydrogen) atoms. The van der Waals surface area contributed by atoms with Gasteiger partial charge in [0.15, 0.2) is 0 Å². The Morgan fingerprint density at radius 1 is 1.38 bits per heavy atom. The molecular weight excluding hydrogens is 290 g/mol. The van der Waals surface area contributed by atoms with E-state index in [9.17, 15) is 9.59 Å². The summed E-state index contributed by atoms with van der Waals surface area (Å²) in [7, 11) is 1.54. The van der Waals surface area contributed by atoms with E-state index in [4.69, 9.17) is 9.84 Å². The Labute approximate surface area is 129 Å². The molecule has 0 radical (unpaired) electrons. The minimum Gasteiger partial charge on any atom is -0.495 e. The first-order valence-electron chi connectivity index (χ1n) is 6.64. The zero-order chi connectivity index (χ0) is 16.0. The van der Waals surface area contributed by atoms with Crippen molar-refractivity contribution in [1.29, 1.82) is 0 Å². The molecule has 1 atom stereocenters. The number of hydrogen-bond acceptors (Lipinski definition) is 4. The number of hydrogen-bond donors (Lipinski definition) is 2. The van der Waals surface area contributed by atoms with Gasteiger partial charge in [-0.2, -0.15) is 0 Å². The highest BCUT2D eigenvalue weighted by atomic mass is 32.2. The smallest absolute Gasteiger partial charge is 0.316 e. The van der Waals surface area contributed by atoms with Crippen LogP contribution in [0.1, 0.15) is 19.4 Å². The number of carboxylic acids is 1. The van der Waals surface area contributed by atoms with E-state index in [1.54, 1.807) is 6.07 Å². The Bertz CT molecular complexity index is 516. The van der Waals surface area contributed by atoms with Gasteiger partial charge in [0.05, 0.1) is 18.6 Å². The van der Waals surface area contributed by atoms with Crippen LogP contribution in [0.2, 0.25) is 0 Å². The lowest BCUT2D eigenvalue weighted by atomic mass is 10.1. The molecule has 0 bridgehead atoms. The summed E-state index contributed by atoms with van der Waals surface area (Å²) >= 11 is 1.13. The van der Waals surface area contributed by atoms with Crippen molar-refractivity contribution in [2.75, 3.05) is 18.2 Å². The highest BCUT2D eigenvalue weighted by molar-refractivity contribution is 8.01. The van der Waals surface area contributed by atoms with Crippen molar-refractivity contribution in [2.45, 2.75) is 26.0 Å². The zero-order valence-electron chi connectivity index (χ0n) is 12.7. The second-order valence-corrected chi connectivity index (χ2v) is 6.20. The normalized spacial score (nSPS) is 12.0. The Kier molecular flexibility index (Phi) is 6.55. The number of rotatable bonds is 7. The Hall–Kier alpha value is -1.69. The summed E-state index contributed by atoms with van der Waals surface area (Å²) < 4.78 is 5.19. The molecule has 2 N–H and O–H groups in total. The van der Waals surface area contributed by atoms with Crippen molar-refractivity contribution in [1.82, 2.24) is 0 Å². The van der Waals surface area contributed by atoms with Gasteiger partial charge in [0.2, 0.25) is 5.91 Å². The molecule has 116 valence electrons. The Balaban J connectivity index is 2.66. The molecule has 0 fully saturated rings. The predicted octanol–water partition coefficient (Wildman–Crippen LogP) is 2.78. The monoisotopic (exact) mass is 311 g/mol. The molecule has 0 aliphatic carbocycles. The SMILES string of the molecule is COc1ccc(C)cc1NC(=O)CSC(C(=O)O)C(C)C. The molecule has 0 aromatic heterocycles. The predicted molar refractivity (Wildman–Crippen MR) is 85.1 cm³/mol. The number of aliphatic carboxylic acids is 1. The average molecular weight is 311 g/mol. The van der Waals surface area contributed by atoms with Crippen LogP contribution < -0.4 is 10.1 Å². The zero-order valence-corrected chi connectivity index (χ0v) is 13.5. The van der Waals surface area contributed by atoms with Crippen LogP contribution in [0.4, 0.5) is 5.69 Å². The number of carbonyl (C=O) groups excluding carboxylic acids is 1. The number of methoxy groups -OCH3 is 1. The first kappa shape index (κ1) is 17.4. The maximum Gasteiger partial charge on any atom is 0.316 e. The van der Waals surface area contributed by atoms with Crippen LogP contribution in [0.15, 0.2) is 18.2 Å². The number of thioether (sulfide) groups is 1. The van der Waals surface area contributed by atoms with Gasteiger partial charge in [-0.3, -0.25) is 9.59 Å². The van der Waals surface area contributed by atoms with E-state index in [0.717, 1.165) is 17.3 Å². The molecule has 1 unspecified atom stereocenters. The van der Waals surface area contributed by atoms with Crippen LogP contribution in [-0.4, -0.2) is 35.1 Å². The van der Waals surface area contributed by atoms with E-state index >= 15 is 0 Å². The molecule has 5 nitrogen and oxygen atoms in total. The van der Waals surface area contributed by atoms with Crippen LogP contribution in [0.3, 0.4) is 0 Å². The fraction of sp³-hybridized carbons (Fsp3) is 0.467. The van der Waals surface area contributed by atoms with Gasteiger partial charge in [0.25, 0.3) is 0 Å². The van der Waals surface area contributed by atoms with Gasteiger partial charge in [-0.1, -0.05) is 19.9 Å². The third-order valence-corrected chi connectivity index (χ3v) is 4.41. The standard InChI is InChI=1S/C15H21NO4S/c1-9(2)14(15(18)19)21-8-13(17)16-11-7-10(3)5-6-12(11)20-4/h5-7,9,14H,8H2,1-4H3,(H,16,17)(H,18,19). The number of anilines is 1. The van der Waals surface area contributed by atoms with E-state index in [-0.39, 0.29) is 17.6 Å². The fourth-order valence-corrected chi connectivity index (χ4v) is 2.75. The maximum atomic E-state index is 12.0. The van der Waals surface area contributed by atoms with Crippen molar-refractivity contribution in [3.8, 4) is 5.75 Å². The number of aryl methyl sites for hydroxylation is 1. The second-order valence-electron chi connectivity index (χ2n) is 5.07. The topological polar surface area (TPSA) is 75.6 Å². The highest BCUT2D eigenvalue weighted by Crippen LogP contribution is 2.26. The summed E-state index contributed by atoms with van der Waals surface area (Å²) in [5, 5.41) is 11.3. The van der Waals surface area contributed by atoms with Crippen LogP contribution in [-0.2, 0) is 9.59 Å². The second kappa shape index (κ2) is 7.93. The minimum absolute atomic E-state index is 0.0335. The van der Waals surface area contributed by atoms with Crippen LogP contribution in [0.5, 0.6) is 5.75 Å². The van der Waals surface area contributed by atoms with E-state index in [2.05, 4.69) is 5.32 Å². The third-order valence-electron chi connectivity index (χ3n) is 2.87. The summed E-state index contributed by atoms with van der Waals surface area (Å²) in [6.07, 6.45) is 0. The van der Waals surface area contributed by atoms with Crippen molar-refractivity contribution in [3.63, 3.8) is 0 Å². The summed E-state index contributed by atoms with van der Waals surface area (Å²) in [5.41, 5.74) is 1.60. The lowest BCUT2D eigenvalue weighted by Crippen LogP contribution is -2.25. The lowest BCUT2D eigenvalue weighted by molar-refractivity contribution is -0.137. The van der Waals surface area contributed by atoms with Gasteiger partial charge in [-0.15, -0.1) is 11.8 Å². The van der Waals surface area contributed by atoms with Crippen LogP contribution in [0, 0.1) is 12.8 Å². The van der Waals surface area contributed by atoms with E-state index in [0.29, 0.717) is 11.4 Å². The molecule has 1 rings (SSSR count). The first-order chi connectivity index (χ1) is 9.85. The van der Waals surface area contributed by atoms with E-state index in [1.807, 2.05) is 32.9 Å². The van der Waals surface area contributed by atoms with Crippen molar-refractivity contribution < 1.29 is 19.4 Å². The van der Waals surface area contributed by atoms with Crippen LogP contribution >= 0.6 is 11.8 Å². The highest BCUT2D eigenvalue weighted by Gasteiger charge is 2.23. The van der Waals surface area contributed by atoms with Crippen molar-refractivity contribution in [3.05, 3.63) is 23.8 Å². The number of carbonyl (C=O) groups is 2.